The van der Waals surface area contributed by atoms with Crippen LogP contribution in [0.4, 0.5) is 0 Å². The van der Waals surface area contributed by atoms with Crippen molar-refractivity contribution in [1.29, 1.82) is 0 Å². The van der Waals surface area contributed by atoms with Crippen molar-refractivity contribution < 1.29 is 0 Å². The first-order chi connectivity index (χ1) is 9.16. The lowest BCUT2D eigenvalue weighted by Gasteiger charge is -2.37. The molecular formula is C16H23N3. The maximum atomic E-state index is 6.14. The van der Waals surface area contributed by atoms with E-state index in [-0.39, 0.29) is 5.41 Å². The second-order valence-electron chi connectivity index (χ2n) is 5.99. The summed E-state index contributed by atoms with van der Waals surface area (Å²) in [6.45, 7) is 2.85. The van der Waals surface area contributed by atoms with Gasteiger partial charge in [-0.2, -0.15) is 5.10 Å². The molecule has 3 nitrogen and oxygen atoms in total. The Kier molecular flexibility index (Phi) is 3.09. The molecule has 0 aliphatic heterocycles. The Balaban J connectivity index is 2.11. The van der Waals surface area contributed by atoms with Gasteiger partial charge in [-0.1, -0.05) is 25.3 Å². The quantitative estimate of drug-likeness (QED) is 0.898. The van der Waals surface area contributed by atoms with E-state index in [4.69, 9.17) is 5.73 Å². The van der Waals surface area contributed by atoms with Gasteiger partial charge in [0.25, 0.3) is 0 Å². The van der Waals surface area contributed by atoms with Gasteiger partial charge in [-0.3, -0.25) is 4.68 Å². The third-order valence-electron chi connectivity index (χ3n) is 4.85. The number of benzene rings is 1. The highest BCUT2D eigenvalue weighted by Gasteiger charge is 2.32. The molecule has 3 rings (SSSR count). The van der Waals surface area contributed by atoms with E-state index in [2.05, 4.69) is 30.2 Å². The summed E-state index contributed by atoms with van der Waals surface area (Å²) in [6, 6.07) is 6.80. The minimum atomic E-state index is 0.203. The molecule has 1 aromatic heterocycles. The van der Waals surface area contributed by atoms with Crippen molar-refractivity contribution in [1.82, 2.24) is 9.78 Å². The summed E-state index contributed by atoms with van der Waals surface area (Å²) in [5.41, 5.74) is 10.1. The van der Waals surface area contributed by atoms with Gasteiger partial charge in [0, 0.05) is 24.4 Å². The van der Waals surface area contributed by atoms with Crippen LogP contribution in [0.3, 0.4) is 0 Å². The zero-order valence-corrected chi connectivity index (χ0v) is 11.9. The van der Waals surface area contributed by atoms with Crippen molar-refractivity contribution in [2.45, 2.75) is 44.4 Å². The van der Waals surface area contributed by atoms with Gasteiger partial charge in [0.05, 0.1) is 11.2 Å². The largest absolute Gasteiger partial charge is 0.330 e. The molecule has 0 spiro atoms. The van der Waals surface area contributed by atoms with Crippen molar-refractivity contribution >= 4 is 10.9 Å². The molecule has 1 saturated carbocycles. The van der Waals surface area contributed by atoms with E-state index in [1.54, 1.807) is 0 Å². The molecule has 0 saturated heterocycles. The minimum Gasteiger partial charge on any atom is -0.330 e. The minimum absolute atomic E-state index is 0.203. The molecule has 0 bridgehead atoms. The summed E-state index contributed by atoms with van der Waals surface area (Å²) >= 11 is 0. The van der Waals surface area contributed by atoms with Crippen molar-refractivity contribution in [3.05, 3.63) is 29.5 Å². The molecule has 0 radical (unpaired) electrons. The number of aromatic nitrogens is 2. The summed E-state index contributed by atoms with van der Waals surface area (Å²) in [5.74, 6) is 0. The SMILES string of the molecule is Cc1nn(C)c2ccc(C3(CN)CCCCC3)cc12. The summed E-state index contributed by atoms with van der Waals surface area (Å²) in [4.78, 5) is 0. The molecule has 0 atom stereocenters. The maximum Gasteiger partial charge on any atom is 0.0682 e. The van der Waals surface area contributed by atoms with Gasteiger partial charge in [-0.05, 0) is 37.5 Å². The highest BCUT2D eigenvalue weighted by atomic mass is 15.3. The third kappa shape index (κ3) is 1.96. The Labute approximate surface area is 114 Å². The topological polar surface area (TPSA) is 43.8 Å². The second-order valence-corrected chi connectivity index (χ2v) is 5.99. The third-order valence-corrected chi connectivity index (χ3v) is 4.85. The van der Waals surface area contributed by atoms with Gasteiger partial charge < -0.3 is 5.73 Å². The summed E-state index contributed by atoms with van der Waals surface area (Å²) in [6.07, 6.45) is 6.43. The summed E-state index contributed by atoms with van der Waals surface area (Å²) in [5, 5.41) is 5.79. The van der Waals surface area contributed by atoms with Gasteiger partial charge in [0.1, 0.15) is 0 Å². The molecule has 19 heavy (non-hydrogen) atoms. The van der Waals surface area contributed by atoms with E-state index < -0.39 is 0 Å². The van der Waals surface area contributed by atoms with Crippen LogP contribution in [0.1, 0.15) is 43.4 Å². The van der Waals surface area contributed by atoms with Crippen molar-refractivity contribution in [2.24, 2.45) is 12.8 Å². The predicted octanol–water partition coefficient (Wildman–Crippen LogP) is 3.04. The first-order valence-electron chi connectivity index (χ1n) is 7.30. The molecule has 1 aromatic carbocycles. The fourth-order valence-corrected chi connectivity index (χ4v) is 3.61. The lowest BCUT2D eigenvalue weighted by molar-refractivity contribution is 0.301. The van der Waals surface area contributed by atoms with Crippen molar-refractivity contribution in [3.63, 3.8) is 0 Å². The van der Waals surface area contributed by atoms with Crippen LogP contribution in [-0.4, -0.2) is 16.3 Å². The number of hydrogen-bond acceptors (Lipinski definition) is 2. The van der Waals surface area contributed by atoms with E-state index in [1.807, 2.05) is 11.7 Å². The van der Waals surface area contributed by atoms with Crippen LogP contribution in [0.5, 0.6) is 0 Å². The van der Waals surface area contributed by atoms with Gasteiger partial charge >= 0.3 is 0 Å². The maximum absolute atomic E-state index is 6.14. The van der Waals surface area contributed by atoms with Crippen LogP contribution in [-0.2, 0) is 12.5 Å². The van der Waals surface area contributed by atoms with E-state index in [1.165, 1.54) is 48.6 Å². The first kappa shape index (κ1) is 12.7. The smallest absolute Gasteiger partial charge is 0.0682 e. The molecule has 1 fully saturated rings. The number of nitrogens with zero attached hydrogens (tertiary/aromatic N) is 2. The van der Waals surface area contributed by atoms with E-state index in [0.717, 1.165) is 12.2 Å². The fourth-order valence-electron chi connectivity index (χ4n) is 3.61. The molecule has 1 heterocycles. The van der Waals surface area contributed by atoms with Crippen LogP contribution in [0.25, 0.3) is 10.9 Å². The van der Waals surface area contributed by atoms with Crippen LogP contribution in [0.15, 0.2) is 18.2 Å². The van der Waals surface area contributed by atoms with Gasteiger partial charge in [-0.15, -0.1) is 0 Å². The highest BCUT2D eigenvalue weighted by Crippen LogP contribution is 2.39. The Morgan fingerprint density at radius 3 is 2.68 bits per heavy atom. The second kappa shape index (κ2) is 4.64. The zero-order valence-electron chi connectivity index (χ0n) is 11.9. The van der Waals surface area contributed by atoms with Crippen molar-refractivity contribution in [3.8, 4) is 0 Å². The first-order valence-corrected chi connectivity index (χ1v) is 7.30. The van der Waals surface area contributed by atoms with Gasteiger partial charge in [0.2, 0.25) is 0 Å². The van der Waals surface area contributed by atoms with Gasteiger partial charge in [-0.25, -0.2) is 0 Å². The molecule has 2 N–H and O–H groups in total. The monoisotopic (exact) mass is 257 g/mol. The molecule has 0 unspecified atom stereocenters. The lowest BCUT2D eigenvalue weighted by Crippen LogP contribution is -2.37. The average Bonchev–Trinajstić information content (AvgIpc) is 2.74. The van der Waals surface area contributed by atoms with Crippen LogP contribution in [0.2, 0.25) is 0 Å². The van der Waals surface area contributed by atoms with Crippen LogP contribution < -0.4 is 5.73 Å². The number of hydrogen-bond donors (Lipinski definition) is 1. The predicted molar refractivity (Wildman–Crippen MR) is 79.3 cm³/mol. The zero-order chi connectivity index (χ0) is 13.5. The van der Waals surface area contributed by atoms with E-state index in [0.29, 0.717) is 0 Å². The molecule has 0 amide bonds. The summed E-state index contributed by atoms with van der Waals surface area (Å²) < 4.78 is 1.96. The Hall–Kier alpha value is -1.35. The van der Waals surface area contributed by atoms with Crippen LogP contribution in [0, 0.1) is 6.92 Å². The number of aryl methyl sites for hydroxylation is 2. The molecule has 3 heteroatoms. The fraction of sp³-hybridized carbons (Fsp3) is 0.562. The molecule has 1 aliphatic carbocycles. The van der Waals surface area contributed by atoms with Crippen LogP contribution >= 0.6 is 0 Å². The highest BCUT2D eigenvalue weighted by molar-refractivity contribution is 5.82. The number of nitrogens with two attached hydrogens (primary N) is 1. The number of fused-ring (bicyclic) bond motifs is 1. The molecular weight excluding hydrogens is 234 g/mol. The van der Waals surface area contributed by atoms with Crippen molar-refractivity contribution in [2.75, 3.05) is 6.54 Å². The van der Waals surface area contributed by atoms with E-state index in [9.17, 15) is 0 Å². The number of rotatable bonds is 2. The average molecular weight is 257 g/mol. The lowest BCUT2D eigenvalue weighted by atomic mass is 9.69. The molecule has 1 aliphatic rings. The molecule has 2 aromatic rings. The van der Waals surface area contributed by atoms with Gasteiger partial charge in [0.15, 0.2) is 0 Å². The standard InChI is InChI=1S/C16H23N3/c1-12-14-10-13(6-7-15(14)19(2)18-12)16(11-17)8-4-3-5-9-16/h6-7,10H,3-5,8-9,11,17H2,1-2H3. The Bertz CT molecular complexity index is 591. The Morgan fingerprint density at radius 2 is 2.00 bits per heavy atom. The Morgan fingerprint density at radius 1 is 1.26 bits per heavy atom. The normalized spacial score (nSPS) is 18.9. The van der Waals surface area contributed by atoms with E-state index >= 15 is 0 Å². The molecule has 102 valence electrons. The summed E-state index contributed by atoms with van der Waals surface area (Å²) in [7, 11) is 2.01.